The molecule has 1 aliphatic rings. The number of Topliss-reactive ketones (excluding diaryl/α,β-unsaturated/α-hetero) is 1. The van der Waals surface area contributed by atoms with Crippen LogP contribution in [0.4, 0.5) is 0 Å². The van der Waals surface area contributed by atoms with Crippen molar-refractivity contribution < 1.29 is 19.4 Å². The first-order chi connectivity index (χ1) is 16.5. The van der Waals surface area contributed by atoms with Crippen molar-refractivity contribution in [2.24, 2.45) is 0 Å². The minimum atomic E-state index is -0.738. The lowest BCUT2D eigenvalue weighted by Crippen LogP contribution is -2.31. The minimum Gasteiger partial charge on any atom is -0.507 e. The number of aliphatic hydroxyl groups excluding tert-OH is 1. The second-order valence-electron chi connectivity index (χ2n) is 8.07. The van der Waals surface area contributed by atoms with Gasteiger partial charge in [-0.1, -0.05) is 30.7 Å². The number of amides is 1. The first kappa shape index (κ1) is 23.6. The molecular formula is C26H26ClN3O4. The van der Waals surface area contributed by atoms with Crippen molar-refractivity contribution in [3.8, 4) is 5.75 Å². The van der Waals surface area contributed by atoms with Crippen LogP contribution in [0.15, 0.2) is 72.8 Å². The third-order valence-electron chi connectivity index (χ3n) is 5.68. The van der Waals surface area contributed by atoms with Gasteiger partial charge in [0.15, 0.2) is 0 Å². The minimum absolute atomic E-state index is 0.0529. The van der Waals surface area contributed by atoms with Gasteiger partial charge in [-0.25, -0.2) is 4.98 Å². The molecule has 0 saturated carbocycles. The summed E-state index contributed by atoms with van der Waals surface area (Å²) >= 11 is 6.23. The van der Waals surface area contributed by atoms with Gasteiger partial charge in [0.1, 0.15) is 11.5 Å². The molecule has 1 amide bonds. The molecule has 1 atom stereocenters. The quantitative estimate of drug-likeness (QED) is 0.270. The summed E-state index contributed by atoms with van der Waals surface area (Å²) in [6.45, 7) is 3.58. The number of ether oxygens (including phenoxy) is 1. The van der Waals surface area contributed by atoms with Gasteiger partial charge in [0.25, 0.3) is 11.7 Å². The molecule has 8 heteroatoms. The van der Waals surface area contributed by atoms with E-state index in [1.54, 1.807) is 61.1 Å². The van der Waals surface area contributed by atoms with Crippen LogP contribution in [-0.4, -0.2) is 44.4 Å². The number of likely N-dealkylation sites (tertiary alicyclic amines) is 1. The number of nitrogens with zero attached hydrogens (tertiary/aromatic N) is 3. The highest BCUT2D eigenvalue weighted by atomic mass is 35.5. The van der Waals surface area contributed by atoms with Gasteiger partial charge in [0.05, 0.1) is 24.5 Å². The first-order valence-corrected chi connectivity index (χ1v) is 11.6. The lowest BCUT2D eigenvalue weighted by atomic mass is 9.95. The van der Waals surface area contributed by atoms with Crippen LogP contribution in [0.1, 0.15) is 36.9 Å². The lowest BCUT2D eigenvalue weighted by molar-refractivity contribution is -0.139. The molecular weight excluding hydrogens is 454 g/mol. The molecule has 1 fully saturated rings. The Hall–Kier alpha value is -3.58. The average molecular weight is 480 g/mol. The molecule has 1 N–H and O–H groups in total. The third-order valence-corrected chi connectivity index (χ3v) is 5.91. The number of imidazole rings is 1. The van der Waals surface area contributed by atoms with Gasteiger partial charge in [0.2, 0.25) is 0 Å². The molecule has 0 spiro atoms. The van der Waals surface area contributed by atoms with Crippen LogP contribution < -0.4 is 4.74 Å². The van der Waals surface area contributed by atoms with Crippen molar-refractivity contribution >= 4 is 29.1 Å². The Morgan fingerprint density at radius 1 is 1.15 bits per heavy atom. The van der Waals surface area contributed by atoms with Crippen LogP contribution in [0.3, 0.4) is 0 Å². The fraction of sp³-hybridized carbons (Fsp3) is 0.269. The van der Waals surface area contributed by atoms with E-state index in [0.29, 0.717) is 48.0 Å². The predicted octanol–water partition coefficient (Wildman–Crippen LogP) is 4.84. The zero-order valence-corrected chi connectivity index (χ0v) is 19.6. The molecule has 1 aromatic heterocycles. The van der Waals surface area contributed by atoms with Crippen molar-refractivity contribution in [2.45, 2.75) is 32.4 Å². The van der Waals surface area contributed by atoms with Crippen LogP contribution in [0, 0.1) is 0 Å². The van der Waals surface area contributed by atoms with E-state index in [1.807, 2.05) is 17.7 Å². The van der Waals surface area contributed by atoms with E-state index >= 15 is 0 Å². The number of aromatic nitrogens is 2. The standard InChI is InChI=1S/C26H26ClN3O4/c1-2-15-34-21-9-7-18(8-10-21)24(31)22-23(19-5-3-6-20(27)16-19)30(26(33)25(22)32)13-4-12-29-14-11-28-17-29/h3,5-11,14,16-17,23,31H,2,4,12-13,15H2,1H3/b24-22+. The van der Waals surface area contributed by atoms with Crippen molar-refractivity contribution in [3.63, 3.8) is 0 Å². The highest BCUT2D eigenvalue weighted by Crippen LogP contribution is 2.40. The SMILES string of the molecule is CCCOc1ccc(/C(O)=C2\C(=O)C(=O)N(CCCn3ccnc3)C2c2cccc(Cl)c2)cc1. The normalized spacial score (nSPS) is 17.4. The number of carbonyl (C=O) groups excluding carboxylic acids is 2. The number of benzene rings is 2. The van der Waals surface area contributed by atoms with E-state index < -0.39 is 17.7 Å². The number of ketones is 1. The molecule has 2 heterocycles. The van der Waals surface area contributed by atoms with E-state index in [1.165, 1.54) is 4.90 Å². The van der Waals surface area contributed by atoms with E-state index in [2.05, 4.69) is 4.98 Å². The maximum atomic E-state index is 13.1. The Morgan fingerprint density at radius 3 is 2.62 bits per heavy atom. The smallest absolute Gasteiger partial charge is 0.295 e. The number of carbonyl (C=O) groups is 2. The summed E-state index contributed by atoms with van der Waals surface area (Å²) in [5.41, 5.74) is 1.16. The molecule has 0 bridgehead atoms. The highest BCUT2D eigenvalue weighted by Gasteiger charge is 2.45. The Kier molecular flexibility index (Phi) is 7.33. The number of aliphatic hydroxyl groups is 1. The fourth-order valence-corrected chi connectivity index (χ4v) is 4.26. The number of aryl methyl sites for hydroxylation is 1. The molecule has 2 aromatic carbocycles. The summed E-state index contributed by atoms with van der Waals surface area (Å²) < 4.78 is 7.51. The molecule has 0 aliphatic carbocycles. The predicted molar refractivity (Wildman–Crippen MR) is 130 cm³/mol. The van der Waals surface area contributed by atoms with Crippen molar-refractivity contribution in [1.29, 1.82) is 0 Å². The highest BCUT2D eigenvalue weighted by molar-refractivity contribution is 6.46. The average Bonchev–Trinajstić information content (AvgIpc) is 3.45. The van der Waals surface area contributed by atoms with E-state index in [-0.39, 0.29) is 11.3 Å². The summed E-state index contributed by atoms with van der Waals surface area (Å²) in [6, 6.07) is 13.1. The van der Waals surface area contributed by atoms with E-state index in [9.17, 15) is 14.7 Å². The monoisotopic (exact) mass is 479 g/mol. The second kappa shape index (κ2) is 10.6. The zero-order chi connectivity index (χ0) is 24.1. The summed E-state index contributed by atoms with van der Waals surface area (Å²) in [5.74, 6) is -0.899. The molecule has 176 valence electrons. The lowest BCUT2D eigenvalue weighted by Gasteiger charge is -2.25. The Bertz CT molecular complexity index is 1190. The topological polar surface area (TPSA) is 84.7 Å². The molecule has 1 saturated heterocycles. The Labute approximate surface area is 203 Å². The molecule has 4 rings (SSSR count). The summed E-state index contributed by atoms with van der Waals surface area (Å²) in [7, 11) is 0. The van der Waals surface area contributed by atoms with Crippen LogP contribution >= 0.6 is 11.6 Å². The van der Waals surface area contributed by atoms with Crippen molar-refractivity contribution in [3.05, 3.63) is 89.0 Å². The van der Waals surface area contributed by atoms with Crippen LogP contribution in [-0.2, 0) is 16.1 Å². The van der Waals surface area contributed by atoms with Gasteiger partial charge in [-0.15, -0.1) is 0 Å². The van der Waals surface area contributed by atoms with Gasteiger partial charge in [-0.05, 0) is 54.8 Å². The first-order valence-electron chi connectivity index (χ1n) is 11.2. The van der Waals surface area contributed by atoms with Gasteiger partial charge < -0.3 is 19.3 Å². The van der Waals surface area contributed by atoms with Gasteiger partial charge in [-0.3, -0.25) is 9.59 Å². The van der Waals surface area contributed by atoms with Crippen molar-refractivity contribution in [2.75, 3.05) is 13.2 Å². The number of hydrogen-bond acceptors (Lipinski definition) is 5. The van der Waals surface area contributed by atoms with Crippen LogP contribution in [0.25, 0.3) is 5.76 Å². The zero-order valence-electron chi connectivity index (χ0n) is 18.9. The largest absolute Gasteiger partial charge is 0.507 e. The van der Waals surface area contributed by atoms with Gasteiger partial charge in [-0.2, -0.15) is 0 Å². The van der Waals surface area contributed by atoms with Crippen LogP contribution in [0.5, 0.6) is 5.75 Å². The van der Waals surface area contributed by atoms with E-state index in [4.69, 9.17) is 16.3 Å². The molecule has 0 radical (unpaired) electrons. The third kappa shape index (κ3) is 4.99. The van der Waals surface area contributed by atoms with E-state index in [0.717, 1.165) is 6.42 Å². The molecule has 1 unspecified atom stereocenters. The van der Waals surface area contributed by atoms with Crippen molar-refractivity contribution in [1.82, 2.24) is 14.5 Å². The molecule has 7 nitrogen and oxygen atoms in total. The second-order valence-corrected chi connectivity index (χ2v) is 8.51. The Morgan fingerprint density at radius 2 is 1.94 bits per heavy atom. The number of rotatable bonds is 9. The van der Waals surface area contributed by atoms with Gasteiger partial charge in [0, 0.05) is 36.1 Å². The number of halogens is 1. The number of hydrogen-bond donors (Lipinski definition) is 1. The summed E-state index contributed by atoms with van der Waals surface area (Å²) in [6.07, 6.45) is 6.74. The molecule has 1 aliphatic heterocycles. The molecule has 34 heavy (non-hydrogen) atoms. The maximum Gasteiger partial charge on any atom is 0.295 e. The fourth-order valence-electron chi connectivity index (χ4n) is 4.06. The van der Waals surface area contributed by atoms with Crippen LogP contribution in [0.2, 0.25) is 5.02 Å². The Balaban J connectivity index is 1.68. The van der Waals surface area contributed by atoms with Gasteiger partial charge >= 0.3 is 0 Å². The summed E-state index contributed by atoms with van der Waals surface area (Å²) in [4.78, 5) is 31.7. The summed E-state index contributed by atoms with van der Waals surface area (Å²) in [5, 5.41) is 11.6. The molecule has 3 aromatic rings. The maximum absolute atomic E-state index is 13.1.